The predicted molar refractivity (Wildman–Crippen MR) is 52.6 cm³/mol. The number of pyridine rings is 1. The average molecular weight is 176 g/mol. The summed E-state index contributed by atoms with van der Waals surface area (Å²) in [7, 11) is 0. The topological polar surface area (TPSA) is 37.0 Å². The third-order valence-electron chi connectivity index (χ3n) is 2.30. The van der Waals surface area contributed by atoms with Crippen molar-refractivity contribution in [3.05, 3.63) is 24.4 Å². The number of anilines is 1. The van der Waals surface area contributed by atoms with Gasteiger partial charge in [-0.1, -0.05) is 0 Å². The summed E-state index contributed by atoms with van der Waals surface area (Å²) >= 11 is 0. The molecule has 0 atom stereocenters. The summed E-state index contributed by atoms with van der Waals surface area (Å²) in [6.45, 7) is 2.21. The van der Waals surface area contributed by atoms with Crippen molar-refractivity contribution < 1.29 is 0 Å². The van der Waals surface area contributed by atoms with Crippen molar-refractivity contribution in [2.24, 2.45) is 0 Å². The normalized spacial score (nSPS) is 18.5. The van der Waals surface area contributed by atoms with E-state index in [1.54, 1.807) is 6.20 Å². The first-order chi connectivity index (χ1) is 6.45. The Labute approximate surface area is 78.6 Å². The standard InChI is InChI=1S/C10H14N3/c1-2-6-12-10(3-1)13-9-4-7-11-8-5-9/h2-3,6,9,11H,4-5,7-8H2,(H,12,13). The first-order valence-electron chi connectivity index (χ1n) is 4.74. The monoisotopic (exact) mass is 176 g/mol. The molecule has 0 unspecified atom stereocenters. The Balaban J connectivity index is 1.90. The highest BCUT2D eigenvalue weighted by Crippen LogP contribution is 2.09. The van der Waals surface area contributed by atoms with Crippen LogP contribution in [0.2, 0.25) is 0 Å². The highest BCUT2D eigenvalue weighted by Gasteiger charge is 2.12. The predicted octanol–water partition coefficient (Wildman–Crippen LogP) is 1.05. The lowest BCUT2D eigenvalue weighted by Gasteiger charge is -2.23. The quantitative estimate of drug-likeness (QED) is 0.707. The molecule has 1 saturated heterocycles. The number of nitrogens with zero attached hydrogens (tertiary/aromatic N) is 1. The van der Waals surface area contributed by atoms with E-state index >= 15 is 0 Å². The summed E-state index contributed by atoms with van der Waals surface area (Å²) < 4.78 is 0. The summed E-state index contributed by atoms with van der Waals surface area (Å²) in [6, 6.07) is 7.29. The average Bonchev–Trinajstić information content (AvgIpc) is 2.21. The van der Waals surface area contributed by atoms with E-state index in [1.165, 1.54) is 12.8 Å². The first-order valence-corrected chi connectivity index (χ1v) is 4.74. The Hall–Kier alpha value is -1.09. The lowest BCUT2D eigenvalue weighted by Crippen LogP contribution is -2.35. The Bertz CT molecular complexity index is 242. The number of rotatable bonds is 2. The number of hydrogen-bond donors (Lipinski definition) is 2. The fourth-order valence-corrected chi connectivity index (χ4v) is 1.58. The summed E-state index contributed by atoms with van der Waals surface area (Å²) in [5, 5.41) is 6.73. The molecule has 1 aromatic heterocycles. The van der Waals surface area contributed by atoms with Crippen LogP contribution in [0.1, 0.15) is 12.8 Å². The van der Waals surface area contributed by atoms with Crippen LogP contribution in [0.3, 0.4) is 0 Å². The van der Waals surface area contributed by atoms with Crippen molar-refractivity contribution in [3.63, 3.8) is 0 Å². The van der Waals surface area contributed by atoms with Crippen molar-refractivity contribution in [1.82, 2.24) is 10.3 Å². The van der Waals surface area contributed by atoms with Crippen LogP contribution in [-0.2, 0) is 0 Å². The van der Waals surface area contributed by atoms with E-state index in [-0.39, 0.29) is 0 Å². The molecule has 1 fully saturated rings. The molecule has 13 heavy (non-hydrogen) atoms. The molecule has 3 heteroatoms. The molecule has 0 aromatic carbocycles. The summed E-state index contributed by atoms with van der Waals surface area (Å²) in [4.78, 5) is 4.21. The Morgan fingerprint density at radius 3 is 3.00 bits per heavy atom. The smallest absolute Gasteiger partial charge is 0.126 e. The molecule has 0 aliphatic carbocycles. The highest BCUT2D eigenvalue weighted by atomic mass is 15.0. The van der Waals surface area contributed by atoms with Gasteiger partial charge in [-0.3, -0.25) is 0 Å². The zero-order valence-corrected chi connectivity index (χ0v) is 7.59. The van der Waals surface area contributed by atoms with Gasteiger partial charge in [0.25, 0.3) is 0 Å². The Kier molecular flexibility index (Phi) is 2.77. The fourth-order valence-electron chi connectivity index (χ4n) is 1.58. The molecule has 1 aliphatic rings. The second-order valence-electron chi connectivity index (χ2n) is 3.31. The van der Waals surface area contributed by atoms with Gasteiger partial charge >= 0.3 is 0 Å². The Morgan fingerprint density at radius 1 is 1.46 bits per heavy atom. The van der Waals surface area contributed by atoms with E-state index in [4.69, 9.17) is 0 Å². The summed E-state index contributed by atoms with van der Waals surface area (Å²) in [6.07, 6.45) is 4.12. The van der Waals surface area contributed by atoms with Crippen molar-refractivity contribution in [2.45, 2.75) is 18.9 Å². The van der Waals surface area contributed by atoms with Crippen LogP contribution in [0.5, 0.6) is 0 Å². The molecule has 2 N–H and O–H groups in total. The van der Waals surface area contributed by atoms with Gasteiger partial charge in [-0.2, -0.15) is 0 Å². The molecule has 0 saturated carbocycles. The van der Waals surface area contributed by atoms with Crippen LogP contribution in [0.25, 0.3) is 0 Å². The van der Waals surface area contributed by atoms with Crippen LogP contribution in [-0.4, -0.2) is 24.1 Å². The molecular weight excluding hydrogens is 162 g/mol. The van der Waals surface area contributed by atoms with Gasteiger partial charge in [0.05, 0.1) is 0 Å². The van der Waals surface area contributed by atoms with Gasteiger partial charge < -0.3 is 10.6 Å². The van der Waals surface area contributed by atoms with Crippen molar-refractivity contribution in [3.8, 4) is 0 Å². The molecule has 1 radical (unpaired) electrons. The van der Waals surface area contributed by atoms with Crippen LogP contribution >= 0.6 is 0 Å². The van der Waals surface area contributed by atoms with E-state index in [9.17, 15) is 0 Å². The third-order valence-corrected chi connectivity index (χ3v) is 2.30. The van der Waals surface area contributed by atoms with Gasteiger partial charge in [0.1, 0.15) is 5.82 Å². The zero-order chi connectivity index (χ0) is 8.93. The van der Waals surface area contributed by atoms with E-state index in [1.807, 2.05) is 12.1 Å². The fraction of sp³-hybridized carbons (Fsp3) is 0.500. The molecule has 1 aliphatic heterocycles. The first kappa shape index (κ1) is 8.51. The number of aromatic nitrogens is 1. The van der Waals surface area contributed by atoms with Gasteiger partial charge in [-0.05, 0) is 44.1 Å². The van der Waals surface area contributed by atoms with Gasteiger partial charge in [-0.15, -0.1) is 0 Å². The lowest BCUT2D eigenvalue weighted by molar-refractivity contribution is 0.478. The van der Waals surface area contributed by atoms with Gasteiger partial charge in [0.2, 0.25) is 0 Å². The second kappa shape index (κ2) is 4.23. The minimum atomic E-state index is 0.574. The minimum Gasteiger partial charge on any atom is -0.367 e. The molecule has 1 aromatic rings. The van der Waals surface area contributed by atoms with Crippen LogP contribution in [0, 0.1) is 6.07 Å². The molecule has 3 nitrogen and oxygen atoms in total. The molecule has 69 valence electrons. The van der Waals surface area contributed by atoms with E-state index < -0.39 is 0 Å². The SMILES string of the molecule is [c]1ccnc(NC2CCNCC2)c1. The van der Waals surface area contributed by atoms with Crippen LogP contribution in [0.4, 0.5) is 5.82 Å². The van der Waals surface area contributed by atoms with Crippen molar-refractivity contribution >= 4 is 5.82 Å². The molecule has 0 spiro atoms. The van der Waals surface area contributed by atoms with Gasteiger partial charge in [0, 0.05) is 12.2 Å². The molecular formula is C10H14N3. The molecule has 2 rings (SSSR count). The molecule has 0 bridgehead atoms. The number of piperidine rings is 1. The largest absolute Gasteiger partial charge is 0.367 e. The van der Waals surface area contributed by atoms with E-state index in [0.717, 1.165) is 18.9 Å². The van der Waals surface area contributed by atoms with Crippen molar-refractivity contribution in [2.75, 3.05) is 18.4 Å². The lowest BCUT2D eigenvalue weighted by atomic mass is 10.1. The summed E-state index contributed by atoms with van der Waals surface area (Å²) in [5.41, 5.74) is 0. The maximum Gasteiger partial charge on any atom is 0.126 e. The van der Waals surface area contributed by atoms with Gasteiger partial charge in [0.15, 0.2) is 0 Å². The molecule has 2 heterocycles. The van der Waals surface area contributed by atoms with Crippen LogP contribution < -0.4 is 10.6 Å². The zero-order valence-electron chi connectivity index (χ0n) is 7.59. The number of nitrogens with one attached hydrogen (secondary N) is 2. The van der Waals surface area contributed by atoms with Gasteiger partial charge in [-0.25, -0.2) is 4.98 Å². The van der Waals surface area contributed by atoms with Crippen molar-refractivity contribution in [1.29, 1.82) is 0 Å². The van der Waals surface area contributed by atoms with E-state index in [2.05, 4.69) is 21.7 Å². The Morgan fingerprint density at radius 2 is 2.31 bits per heavy atom. The second-order valence-corrected chi connectivity index (χ2v) is 3.31. The highest BCUT2D eigenvalue weighted by molar-refractivity contribution is 5.34. The maximum atomic E-state index is 4.21. The maximum absolute atomic E-state index is 4.21. The summed E-state index contributed by atoms with van der Waals surface area (Å²) in [5.74, 6) is 0.939. The minimum absolute atomic E-state index is 0.574. The number of hydrogen-bond acceptors (Lipinski definition) is 3. The van der Waals surface area contributed by atoms with Crippen LogP contribution in [0.15, 0.2) is 18.3 Å². The third kappa shape index (κ3) is 2.42. The van der Waals surface area contributed by atoms with E-state index in [0.29, 0.717) is 6.04 Å². The molecule has 0 amide bonds.